The predicted molar refractivity (Wildman–Crippen MR) is 80.5 cm³/mol. The maximum Gasteiger partial charge on any atom is 0.295 e. The molecule has 0 spiro atoms. The maximum absolute atomic E-state index is 12.3. The molecule has 0 radical (unpaired) electrons. The van der Waals surface area contributed by atoms with Crippen LogP contribution in [0.5, 0.6) is 0 Å². The standard InChI is InChI=1S/C15H15N3O4/c1-9-6-8-22-14(9)15(19)17-11-4-5-12(18(20)21)13-10(11)3-2-7-16-13/h2-5,7,9,14H,6,8H2,1H3,(H,17,19)/t9-,14-/m0/s1. The number of nitro benzene ring substituents is 1. The highest BCUT2D eigenvalue weighted by Gasteiger charge is 2.31. The molecule has 1 saturated heterocycles. The molecule has 2 atom stereocenters. The van der Waals surface area contributed by atoms with Gasteiger partial charge in [-0.25, -0.2) is 4.98 Å². The number of nitro groups is 1. The predicted octanol–water partition coefficient (Wildman–Crippen LogP) is 2.51. The van der Waals surface area contributed by atoms with Crippen LogP contribution in [-0.2, 0) is 9.53 Å². The number of rotatable bonds is 3. The van der Waals surface area contributed by atoms with Gasteiger partial charge in [-0.1, -0.05) is 6.92 Å². The van der Waals surface area contributed by atoms with Gasteiger partial charge < -0.3 is 10.1 Å². The molecule has 7 heteroatoms. The molecule has 1 aliphatic rings. The van der Waals surface area contributed by atoms with Gasteiger partial charge in [0.05, 0.1) is 10.6 Å². The van der Waals surface area contributed by atoms with E-state index in [9.17, 15) is 14.9 Å². The molecule has 3 rings (SSSR count). The van der Waals surface area contributed by atoms with Crippen LogP contribution < -0.4 is 5.32 Å². The van der Waals surface area contributed by atoms with E-state index in [1.54, 1.807) is 12.1 Å². The lowest BCUT2D eigenvalue weighted by atomic mass is 10.0. The Morgan fingerprint density at radius 2 is 2.27 bits per heavy atom. The fourth-order valence-corrected chi connectivity index (χ4v) is 2.65. The first-order chi connectivity index (χ1) is 10.6. The number of pyridine rings is 1. The van der Waals surface area contributed by atoms with Crippen molar-refractivity contribution in [2.24, 2.45) is 5.92 Å². The Bertz CT molecular complexity index is 747. The van der Waals surface area contributed by atoms with Crippen molar-refractivity contribution in [2.75, 3.05) is 11.9 Å². The van der Waals surface area contributed by atoms with Crippen LogP contribution >= 0.6 is 0 Å². The number of carbonyl (C=O) groups is 1. The summed E-state index contributed by atoms with van der Waals surface area (Å²) in [4.78, 5) is 26.9. The van der Waals surface area contributed by atoms with Crippen molar-refractivity contribution in [1.29, 1.82) is 0 Å². The van der Waals surface area contributed by atoms with Crippen LogP contribution in [-0.4, -0.2) is 28.5 Å². The molecular formula is C15H15N3O4. The van der Waals surface area contributed by atoms with Gasteiger partial charge >= 0.3 is 0 Å². The number of nitrogens with zero attached hydrogens (tertiary/aromatic N) is 2. The van der Waals surface area contributed by atoms with E-state index in [0.717, 1.165) is 6.42 Å². The van der Waals surface area contributed by atoms with Crippen molar-refractivity contribution < 1.29 is 14.5 Å². The molecule has 0 unspecified atom stereocenters. The molecule has 22 heavy (non-hydrogen) atoms. The third kappa shape index (κ3) is 2.50. The van der Waals surface area contributed by atoms with E-state index in [1.807, 2.05) is 6.92 Å². The molecule has 2 heterocycles. The summed E-state index contributed by atoms with van der Waals surface area (Å²) < 4.78 is 5.44. The Morgan fingerprint density at radius 3 is 2.95 bits per heavy atom. The SMILES string of the molecule is C[C@H]1CCO[C@@H]1C(=O)Nc1ccc([N+](=O)[O-])c2ncccc12. The number of anilines is 1. The van der Waals surface area contributed by atoms with Gasteiger partial charge in [0.1, 0.15) is 11.6 Å². The van der Waals surface area contributed by atoms with E-state index in [-0.39, 0.29) is 23.0 Å². The average molecular weight is 301 g/mol. The Kier molecular flexibility index (Phi) is 3.72. The highest BCUT2D eigenvalue weighted by atomic mass is 16.6. The quantitative estimate of drug-likeness (QED) is 0.694. The number of benzene rings is 1. The first-order valence-electron chi connectivity index (χ1n) is 7.02. The number of fused-ring (bicyclic) bond motifs is 1. The van der Waals surface area contributed by atoms with Crippen molar-refractivity contribution in [3.63, 3.8) is 0 Å². The summed E-state index contributed by atoms with van der Waals surface area (Å²) in [5, 5.41) is 14.4. The number of aromatic nitrogens is 1. The number of non-ortho nitro benzene ring substituents is 1. The molecule has 114 valence electrons. The van der Waals surface area contributed by atoms with Crippen molar-refractivity contribution >= 4 is 28.2 Å². The van der Waals surface area contributed by atoms with Crippen LogP contribution in [0.25, 0.3) is 10.9 Å². The highest BCUT2D eigenvalue weighted by molar-refractivity contribution is 6.05. The van der Waals surface area contributed by atoms with Gasteiger partial charge in [-0.3, -0.25) is 14.9 Å². The van der Waals surface area contributed by atoms with Crippen LogP contribution in [0.3, 0.4) is 0 Å². The summed E-state index contributed by atoms with van der Waals surface area (Å²) in [7, 11) is 0. The number of ether oxygens (including phenoxy) is 1. The van der Waals surface area contributed by atoms with Crippen molar-refractivity contribution in [3.8, 4) is 0 Å². The maximum atomic E-state index is 12.3. The lowest BCUT2D eigenvalue weighted by Crippen LogP contribution is -2.31. The average Bonchev–Trinajstić information content (AvgIpc) is 2.93. The second kappa shape index (κ2) is 5.69. The van der Waals surface area contributed by atoms with Gasteiger partial charge in [-0.15, -0.1) is 0 Å². The van der Waals surface area contributed by atoms with E-state index in [2.05, 4.69) is 10.3 Å². The topological polar surface area (TPSA) is 94.4 Å². The fraction of sp³-hybridized carbons (Fsp3) is 0.333. The normalized spacial score (nSPS) is 21.0. The molecule has 1 amide bonds. The number of nitrogens with one attached hydrogen (secondary N) is 1. The molecule has 7 nitrogen and oxygen atoms in total. The van der Waals surface area contributed by atoms with Crippen molar-refractivity contribution in [2.45, 2.75) is 19.4 Å². The zero-order chi connectivity index (χ0) is 15.7. The molecule has 0 bridgehead atoms. The molecule has 1 N–H and O–H groups in total. The van der Waals surface area contributed by atoms with Crippen LogP contribution in [0.15, 0.2) is 30.5 Å². The van der Waals surface area contributed by atoms with Gasteiger partial charge in [-0.2, -0.15) is 0 Å². The van der Waals surface area contributed by atoms with Crippen molar-refractivity contribution in [1.82, 2.24) is 4.98 Å². The second-order valence-electron chi connectivity index (χ2n) is 5.34. The lowest BCUT2D eigenvalue weighted by Gasteiger charge is -2.15. The second-order valence-corrected chi connectivity index (χ2v) is 5.34. The number of amides is 1. The zero-order valence-electron chi connectivity index (χ0n) is 12.0. The van der Waals surface area contributed by atoms with Crippen molar-refractivity contribution in [3.05, 3.63) is 40.6 Å². The molecule has 0 aliphatic carbocycles. The lowest BCUT2D eigenvalue weighted by molar-refractivity contribution is -0.383. The summed E-state index contributed by atoms with van der Waals surface area (Å²) in [6.07, 6.45) is 1.85. The van der Waals surface area contributed by atoms with Crippen LogP contribution in [0.1, 0.15) is 13.3 Å². The Hall–Kier alpha value is -2.54. The third-order valence-corrected chi connectivity index (χ3v) is 3.85. The minimum atomic E-state index is -0.484. The van der Waals surface area contributed by atoms with E-state index in [0.29, 0.717) is 17.7 Å². The molecule has 2 aromatic rings. The molecular weight excluding hydrogens is 286 g/mol. The van der Waals surface area contributed by atoms with Gasteiger partial charge in [-0.05, 0) is 30.5 Å². The largest absolute Gasteiger partial charge is 0.368 e. The Labute approximate surface area is 126 Å². The van der Waals surface area contributed by atoms with Gasteiger partial charge in [0.2, 0.25) is 0 Å². The molecule has 1 aliphatic heterocycles. The highest BCUT2D eigenvalue weighted by Crippen LogP contribution is 2.30. The van der Waals surface area contributed by atoms with E-state index >= 15 is 0 Å². The van der Waals surface area contributed by atoms with Crippen LogP contribution in [0.2, 0.25) is 0 Å². The zero-order valence-corrected chi connectivity index (χ0v) is 12.0. The number of hydrogen-bond donors (Lipinski definition) is 1. The summed E-state index contributed by atoms with van der Waals surface area (Å²) >= 11 is 0. The van der Waals surface area contributed by atoms with Crippen LogP contribution in [0.4, 0.5) is 11.4 Å². The van der Waals surface area contributed by atoms with E-state index < -0.39 is 11.0 Å². The minimum absolute atomic E-state index is 0.0842. The smallest absolute Gasteiger partial charge is 0.295 e. The Balaban J connectivity index is 1.96. The number of carbonyl (C=O) groups excluding carboxylic acids is 1. The van der Waals surface area contributed by atoms with Gasteiger partial charge in [0, 0.05) is 24.3 Å². The van der Waals surface area contributed by atoms with Gasteiger partial charge in [0.25, 0.3) is 11.6 Å². The van der Waals surface area contributed by atoms with Gasteiger partial charge in [0.15, 0.2) is 0 Å². The van der Waals surface area contributed by atoms with Crippen LogP contribution in [0, 0.1) is 16.0 Å². The Morgan fingerprint density at radius 1 is 1.45 bits per heavy atom. The third-order valence-electron chi connectivity index (χ3n) is 3.85. The molecule has 1 aromatic carbocycles. The van der Waals surface area contributed by atoms with E-state index in [1.165, 1.54) is 18.3 Å². The number of hydrogen-bond acceptors (Lipinski definition) is 5. The molecule has 1 aromatic heterocycles. The fourth-order valence-electron chi connectivity index (χ4n) is 2.65. The first kappa shape index (κ1) is 14.4. The first-order valence-corrected chi connectivity index (χ1v) is 7.02. The monoisotopic (exact) mass is 301 g/mol. The summed E-state index contributed by atoms with van der Waals surface area (Å²) in [5.74, 6) is -0.0774. The van der Waals surface area contributed by atoms with E-state index in [4.69, 9.17) is 4.74 Å². The molecule has 1 fully saturated rings. The minimum Gasteiger partial charge on any atom is -0.368 e. The summed E-state index contributed by atoms with van der Waals surface area (Å²) in [6, 6.07) is 6.25. The summed E-state index contributed by atoms with van der Waals surface area (Å²) in [6.45, 7) is 2.54. The molecule has 0 saturated carbocycles. The summed E-state index contributed by atoms with van der Waals surface area (Å²) in [5.41, 5.74) is 0.672.